The Balaban J connectivity index is 5.50. The molecule has 0 aromatic rings. The predicted molar refractivity (Wildman–Crippen MR) is 56.3 cm³/mol. The van der Waals surface area contributed by atoms with Crippen molar-refractivity contribution in [3.8, 4) is 0 Å². The van der Waals surface area contributed by atoms with Gasteiger partial charge in [0.1, 0.15) is 0 Å². The van der Waals surface area contributed by atoms with Crippen LogP contribution in [0.1, 0.15) is 33.6 Å². The topological polar surface area (TPSA) is 78.9 Å². The highest BCUT2D eigenvalue weighted by atomic mass is 28.4. The van der Waals surface area contributed by atoms with Crippen molar-refractivity contribution in [1.82, 2.24) is 0 Å². The van der Waals surface area contributed by atoms with Crippen LogP contribution in [-0.2, 0) is 27.7 Å². The minimum Gasteiger partial charge on any atom is -0.450 e. The fraction of sp³-hybridized carbons (Fsp3) is 0.667. The maximum Gasteiger partial charge on any atom is 0.817 e. The highest BCUT2D eigenvalue weighted by Crippen LogP contribution is 2.32. The van der Waals surface area contributed by atoms with Gasteiger partial charge in [-0.2, -0.15) is 13.2 Å². The molecule has 6 nitrogen and oxygen atoms in total. The van der Waals surface area contributed by atoms with Gasteiger partial charge in [-0.3, -0.25) is 14.4 Å². The lowest BCUT2D eigenvalue weighted by Crippen LogP contribution is -2.61. The van der Waals surface area contributed by atoms with Crippen LogP contribution >= 0.6 is 0 Å². The van der Waals surface area contributed by atoms with Gasteiger partial charge in [0.2, 0.25) is 0 Å². The van der Waals surface area contributed by atoms with Crippen LogP contribution in [0.4, 0.5) is 13.2 Å². The molecule has 110 valence electrons. The van der Waals surface area contributed by atoms with E-state index in [9.17, 15) is 27.6 Å². The summed E-state index contributed by atoms with van der Waals surface area (Å²) >= 11 is 0. The van der Waals surface area contributed by atoms with Gasteiger partial charge in [-0.1, -0.05) is 13.8 Å². The number of carbonyl (C=O) groups is 3. The van der Waals surface area contributed by atoms with Gasteiger partial charge in [0.05, 0.1) is 0 Å². The van der Waals surface area contributed by atoms with Gasteiger partial charge in [0.15, 0.2) is 0 Å². The van der Waals surface area contributed by atoms with E-state index in [4.69, 9.17) is 0 Å². The molecule has 10 heteroatoms. The first-order valence-electron chi connectivity index (χ1n) is 5.28. The summed E-state index contributed by atoms with van der Waals surface area (Å²) < 4.78 is 51.2. The van der Waals surface area contributed by atoms with Crippen molar-refractivity contribution < 1.29 is 40.8 Å². The van der Waals surface area contributed by atoms with Gasteiger partial charge in [-0.15, -0.1) is 0 Å². The molecule has 0 atom stereocenters. The minimum atomic E-state index is -5.78. The van der Waals surface area contributed by atoms with Crippen LogP contribution in [0.3, 0.4) is 0 Å². The van der Waals surface area contributed by atoms with E-state index >= 15 is 0 Å². The van der Waals surface area contributed by atoms with Crippen molar-refractivity contribution in [3.05, 3.63) is 0 Å². The zero-order chi connectivity index (χ0) is 15.3. The molecule has 0 saturated heterocycles. The highest BCUT2D eigenvalue weighted by Gasteiger charge is 2.76. The Kier molecular flexibility index (Phi) is 6.00. The van der Waals surface area contributed by atoms with Crippen molar-refractivity contribution in [2.75, 3.05) is 0 Å². The third-order valence-electron chi connectivity index (χ3n) is 1.70. The third kappa shape index (κ3) is 4.89. The van der Waals surface area contributed by atoms with Gasteiger partial charge >= 0.3 is 14.6 Å². The quantitative estimate of drug-likeness (QED) is 0.716. The van der Waals surface area contributed by atoms with Crippen molar-refractivity contribution in [3.63, 3.8) is 0 Å². The maximum absolute atomic E-state index is 13.0. The Labute approximate surface area is 108 Å². The van der Waals surface area contributed by atoms with E-state index in [2.05, 4.69) is 13.3 Å². The molecule has 0 N–H and O–H groups in total. The van der Waals surface area contributed by atoms with E-state index in [1.54, 1.807) is 0 Å². The molecule has 0 aromatic heterocycles. The van der Waals surface area contributed by atoms with Crippen LogP contribution in [0.5, 0.6) is 0 Å². The number of hydrogen-bond donors (Lipinski definition) is 0. The number of halogens is 3. The van der Waals surface area contributed by atoms with Crippen LogP contribution < -0.4 is 0 Å². The van der Waals surface area contributed by atoms with Crippen LogP contribution in [0.2, 0.25) is 0 Å². The maximum atomic E-state index is 13.0. The van der Waals surface area contributed by atoms with E-state index in [1.165, 1.54) is 13.8 Å². The van der Waals surface area contributed by atoms with Crippen molar-refractivity contribution in [1.29, 1.82) is 0 Å². The largest absolute Gasteiger partial charge is 0.817 e. The number of rotatable bonds is 5. The Morgan fingerprint density at radius 1 is 0.947 bits per heavy atom. The first kappa shape index (κ1) is 17.4. The average Bonchev–Trinajstić information content (AvgIpc) is 2.25. The summed E-state index contributed by atoms with van der Waals surface area (Å²) in [6, 6.07) is 0. The molecule has 0 aliphatic rings. The molecule has 0 aromatic carbocycles. The van der Waals surface area contributed by atoms with Gasteiger partial charge < -0.3 is 13.3 Å². The van der Waals surface area contributed by atoms with Gasteiger partial charge in [-0.05, 0) is 0 Å². The lowest BCUT2D eigenvalue weighted by atomic mass is 10.5. The average molecular weight is 302 g/mol. The zero-order valence-electron chi connectivity index (χ0n) is 10.5. The molecule has 0 bridgehead atoms. The summed E-state index contributed by atoms with van der Waals surface area (Å²) in [7, 11) is -5.78. The molecule has 0 fully saturated rings. The summed E-state index contributed by atoms with van der Waals surface area (Å²) in [5.74, 6) is -9.21. The van der Waals surface area contributed by atoms with Crippen molar-refractivity contribution >= 4 is 26.7 Å². The van der Waals surface area contributed by atoms with E-state index in [0.29, 0.717) is 6.92 Å². The molecule has 0 radical (unpaired) electrons. The number of hydrogen-bond acceptors (Lipinski definition) is 6. The Hall–Kier alpha value is -1.58. The molecule has 0 aliphatic carbocycles. The second kappa shape index (κ2) is 6.54. The lowest BCUT2D eigenvalue weighted by molar-refractivity contribution is -0.171. The van der Waals surface area contributed by atoms with E-state index in [0.717, 1.165) is 0 Å². The van der Waals surface area contributed by atoms with Crippen LogP contribution in [-0.4, -0.2) is 32.5 Å². The third-order valence-corrected chi connectivity index (χ3v) is 3.94. The molecular formula is C9H13F3O6Si. The molecule has 0 heterocycles. The molecule has 0 unspecified atom stereocenters. The predicted octanol–water partition coefficient (Wildman–Crippen LogP) is 1.50. The monoisotopic (exact) mass is 302 g/mol. The smallest absolute Gasteiger partial charge is 0.450 e. The Bertz CT molecular complexity index is 349. The SMILES string of the molecule is CCC(=O)O[Si](OC(C)=O)(OC(=O)CC)C(F)(F)F. The molecule has 0 rings (SSSR count). The van der Waals surface area contributed by atoms with Crippen molar-refractivity contribution in [2.24, 2.45) is 0 Å². The lowest BCUT2D eigenvalue weighted by Gasteiger charge is -2.27. The van der Waals surface area contributed by atoms with E-state index in [-0.39, 0.29) is 0 Å². The summed E-state index contributed by atoms with van der Waals surface area (Å²) in [4.78, 5) is 32.9. The normalized spacial score (nSPS) is 11.7. The summed E-state index contributed by atoms with van der Waals surface area (Å²) in [6.07, 6.45) is -0.786. The Morgan fingerprint density at radius 2 is 1.32 bits per heavy atom. The zero-order valence-corrected chi connectivity index (χ0v) is 11.5. The fourth-order valence-electron chi connectivity index (χ4n) is 0.869. The first-order valence-corrected chi connectivity index (χ1v) is 7.00. The van der Waals surface area contributed by atoms with Gasteiger partial charge in [0.25, 0.3) is 17.9 Å². The van der Waals surface area contributed by atoms with Crippen LogP contribution in [0, 0.1) is 0 Å². The number of alkyl halides is 3. The van der Waals surface area contributed by atoms with Crippen molar-refractivity contribution in [2.45, 2.75) is 39.4 Å². The van der Waals surface area contributed by atoms with E-state index in [1.807, 2.05) is 0 Å². The molecule has 19 heavy (non-hydrogen) atoms. The van der Waals surface area contributed by atoms with Gasteiger partial charge in [0, 0.05) is 19.8 Å². The molecule has 0 saturated carbocycles. The summed E-state index contributed by atoms with van der Waals surface area (Å²) in [5.41, 5.74) is 0. The summed E-state index contributed by atoms with van der Waals surface area (Å²) in [5, 5.41) is 0. The summed E-state index contributed by atoms with van der Waals surface area (Å²) in [6.45, 7) is 3.17. The van der Waals surface area contributed by atoms with E-state index < -0.39 is 45.4 Å². The fourth-order valence-corrected chi connectivity index (χ4v) is 2.61. The second-order valence-corrected chi connectivity index (χ2v) is 5.59. The molecule has 0 spiro atoms. The standard InChI is InChI=1S/C9H13F3O6Si/c1-4-7(14)17-19(9(10,11)12,16-6(3)13)18-8(15)5-2/h4-5H2,1-3H3. The first-order chi connectivity index (χ1) is 8.58. The van der Waals surface area contributed by atoms with Crippen LogP contribution in [0.25, 0.3) is 0 Å². The van der Waals surface area contributed by atoms with Gasteiger partial charge in [-0.25, -0.2) is 0 Å². The van der Waals surface area contributed by atoms with Crippen LogP contribution in [0.15, 0.2) is 0 Å². The molecule has 0 amide bonds. The number of carbonyl (C=O) groups excluding carboxylic acids is 3. The minimum absolute atomic E-state index is 0.393. The molecular weight excluding hydrogens is 289 g/mol. The second-order valence-electron chi connectivity index (χ2n) is 3.30. The highest BCUT2D eigenvalue weighted by molar-refractivity contribution is 6.67. The Morgan fingerprint density at radius 3 is 1.53 bits per heavy atom. The molecule has 0 aliphatic heterocycles.